The first-order valence-electron chi connectivity index (χ1n) is 9.74. The van der Waals surface area contributed by atoms with Crippen LogP contribution < -0.4 is 15.0 Å². The number of methoxy groups -OCH3 is 1. The fourth-order valence-corrected chi connectivity index (χ4v) is 4.44. The molecule has 0 saturated heterocycles. The van der Waals surface area contributed by atoms with E-state index in [1.807, 2.05) is 24.4 Å². The number of nitrogens with zero attached hydrogens (tertiary/aromatic N) is 2. The number of carbonyl (C=O) groups is 2. The third-order valence-electron chi connectivity index (χ3n) is 4.77. The summed E-state index contributed by atoms with van der Waals surface area (Å²) in [4.78, 5) is 32.5. The van der Waals surface area contributed by atoms with Gasteiger partial charge < -0.3 is 10.1 Å². The van der Waals surface area contributed by atoms with Crippen LogP contribution in [0.1, 0.15) is 25.6 Å². The molecule has 31 heavy (non-hydrogen) atoms. The lowest BCUT2D eigenvalue weighted by Crippen LogP contribution is -2.38. The summed E-state index contributed by atoms with van der Waals surface area (Å²) >= 11 is 9.02. The minimum absolute atomic E-state index is 0.0611. The van der Waals surface area contributed by atoms with Crippen molar-refractivity contribution in [2.75, 3.05) is 17.8 Å². The first-order valence-corrected chi connectivity index (χ1v) is 12.0. The maximum Gasteiger partial charge on any atom is 0.283 e. The summed E-state index contributed by atoms with van der Waals surface area (Å²) in [5, 5.41) is 5.73. The molecule has 0 saturated carbocycles. The van der Waals surface area contributed by atoms with Crippen molar-refractivity contribution in [3.8, 4) is 5.75 Å². The SMILES string of the molecule is COc1ccc(N2C(=O)C(=Cc3cccs3)N=C2SCC(=O)NC(C)C(C)C)cc1Cl. The van der Waals surface area contributed by atoms with Crippen molar-refractivity contribution >= 4 is 63.4 Å². The summed E-state index contributed by atoms with van der Waals surface area (Å²) in [5.74, 6) is 0.616. The van der Waals surface area contributed by atoms with Crippen LogP contribution in [0.2, 0.25) is 5.02 Å². The van der Waals surface area contributed by atoms with Gasteiger partial charge in [0, 0.05) is 10.9 Å². The summed E-state index contributed by atoms with van der Waals surface area (Å²) < 4.78 is 5.21. The Balaban J connectivity index is 1.86. The molecule has 1 aromatic heterocycles. The molecule has 6 nitrogen and oxygen atoms in total. The van der Waals surface area contributed by atoms with Crippen LogP contribution in [-0.4, -0.2) is 35.9 Å². The van der Waals surface area contributed by atoms with Gasteiger partial charge in [0.2, 0.25) is 5.91 Å². The predicted molar refractivity (Wildman–Crippen MR) is 130 cm³/mol. The highest BCUT2D eigenvalue weighted by Crippen LogP contribution is 2.34. The number of hydrogen-bond donors (Lipinski definition) is 1. The van der Waals surface area contributed by atoms with Crippen LogP contribution >= 0.6 is 34.7 Å². The molecule has 1 unspecified atom stereocenters. The average Bonchev–Trinajstić information content (AvgIpc) is 3.34. The van der Waals surface area contributed by atoms with E-state index in [0.717, 1.165) is 4.88 Å². The van der Waals surface area contributed by atoms with Crippen LogP contribution in [0.5, 0.6) is 5.75 Å². The molecule has 0 spiro atoms. The minimum Gasteiger partial charge on any atom is -0.495 e. The van der Waals surface area contributed by atoms with Crippen LogP contribution in [0.25, 0.3) is 6.08 Å². The number of aliphatic imine (C=N–C) groups is 1. The lowest BCUT2D eigenvalue weighted by Gasteiger charge is -2.20. The van der Waals surface area contributed by atoms with Crippen LogP contribution in [0, 0.1) is 5.92 Å². The quantitative estimate of drug-likeness (QED) is 0.566. The van der Waals surface area contributed by atoms with Gasteiger partial charge in [-0.3, -0.25) is 14.5 Å². The monoisotopic (exact) mass is 477 g/mol. The van der Waals surface area contributed by atoms with Crippen molar-refractivity contribution < 1.29 is 14.3 Å². The number of benzene rings is 1. The summed E-state index contributed by atoms with van der Waals surface area (Å²) in [6, 6.07) is 8.99. The van der Waals surface area contributed by atoms with Gasteiger partial charge in [0.05, 0.1) is 23.6 Å². The Labute approximate surface area is 195 Å². The average molecular weight is 478 g/mol. The van der Waals surface area contributed by atoms with Gasteiger partial charge in [-0.25, -0.2) is 4.99 Å². The highest BCUT2D eigenvalue weighted by Gasteiger charge is 2.33. The Morgan fingerprint density at radius 1 is 1.35 bits per heavy atom. The number of amides is 2. The van der Waals surface area contributed by atoms with Gasteiger partial charge in [-0.2, -0.15) is 0 Å². The molecule has 2 heterocycles. The van der Waals surface area contributed by atoms with E-state index in [4.69, 9.17) is 16.3 Å². The number of ether oxygens (including phenoxy) is 1. The standard InChI is InChI=1S/C22H24ClN3O3S2/c1-13(2)14(3)24-20(27)12-31-22-25-18(11-16-6-5-9-30-16)21(28)26(22)15-7-8-19(29-4)17(23)10-15/h5-11,13-14H,12H2,1-4H3,(H,24,27). The maximum atomic E-state index is 13.2. The Kier molecular flexibility index (Phi) is 7.80. The molecule has 1 atom stereocenters. The minimum atomic E-state index is -0.270. The lowest BCUT2D eigenvalue weighted by molar-refractivity contribution is -0.119. The van der Waals surface area contributed by atoms with Gasteiger partial charge in [-0.05, 0) is 48.6 Å². The van der Waals surface area contributed by atoms with Crippen LogP contribution in [0.15, 0.2) is 46.4 Å². The second-order valence-electron chi connectivity index (χ2n) is 7.29. The van der Waals surface area contributed by atoms with E-state index in [0.29, 0.717) is 33.2 Å². The largest absolute Gasteiger partial charge is 0.495 e. The van der Waals surface area contributed by atoms with E-state index in [9.17, 15) is 9.59 Å². The van der Waals surface area contributed by atoms with Crippen molar-refractivity contribution in [1.29, 1.82) is 0 Å². The number of halogens is 1. The fraction of sp³-hybridized carbons (Fsp3) is 0.318. The third-order valence-corrected chi connectivity index (χ3v) is 6.82. The molecule has 0 aliphatic carbocycles. The van der Waals surface area contributed by atoms with Gasteiger partial charge in [0.25, 0.3) is 5.91 Å². The van der Waals surface area contributed by atoms with Crippen LogP contribution in [0.4, 0.5) is 5.69 Å². The van der Waals surface area contributed by atoms with Crippen molar-refractivity contribution in [1.82, 2.24) is 5.32 Å². The molecule has 1 aromatic carbocycles. The number of rotatable bonds is 7. The first kappa shape index (κ1) is 23.4. The van der Waals surface area contributed by atoms with Crippen LogP contribution in [-0.2, 0) is 9.59 Å². The third kappa shape index (κ3) is 5.70. The van der Waals surface area contributed by atoms with Crippen molar-refractivity contribution in [2.45, 2.75) is 26.8 Å². The Morgan fingerprint density at radius 2 is 2.13 bits per heavy atom. The predicted octanol–water partition coefficient (Wildman–Crippen LogP) is 5.05. The molecule has 0 radical (unpaired) electrons. The number of carbonyl (C=O) groups excluding carboxylic acids is 2. The maximum absolute atomic E-state index is 13.2. The molecule has 1 aliphatic rings. The lowest BCUT2D eigenvalue weighted by atomic mass is 10.1. The molecule has 2 aromatic rings. The topological polar surface area (TPSA) is 71.0 Å². The molecule has 1 N–H and O–H groups in total. The summed E-state index contributed by atoms with van der Waals surface area (Å²) in [5.41, 5.74) is 0.875. The van der Waals surface area contributed by atoms with Gasteiger partial charge >= 0.3 is 0 Å². The number of amidine groups is 1. The molecule has 3 rings (SSSR count). The van der Waals surface area contributed by atoms with Gasteiger partial charge in [0.15, 0.2) is 5.17 Å². The van der Waals surface area contributed by atoms with Gasteiger partial charge in [-0.1, -0.05) is 43.3 Å². The molecular formula is C22H24ClN3O3S2. The number of anilines is 1. The van der Waals surface area contributed by atoms with E-state index in [1.54, 1.807) is 24.3 Å². The highest BCUT2D eigenvalue weighted by atomic mass is 35.5. The van der Waals surface area contributed by atoms with Gasteiger partial charge in [-0.15, -0.1) is 11.3 Å². The second kappa shape index (κ2) is 10.3. The molecule has 0 fully saturated rings. The van der Waals surface area contributed by atoms with E-state index in [1.165, 1.54) is 35.1 Å². The Morgan fingerprint density at radius 3 is 2.74 bits per heavy atom. The van der Waals surface area contributed by atoms with E-state index < -0.39 is 0 Å². The van der Waals surface area contributed by atoms with E-state index >= 15 is 0 Å². The summed E-state index contributed by atoms with van der Waals surface area (Å²) in [7, 11) is 1.53. The number of hydrogen-bond acceptors (Lipinski definition) is 6. The van der Waals surface area contributed by atoms with E-state index in [2.05, 4.69) is 24.2 Å². The zero-order valence-corrected chi connectivity index (χ0v) is 20.1. The van der Waals surface area contributed by atoms with Crippen molar-refractivity contribution in [3.63, 3.8) is 0 Å². The zero-order chi connectivity index (χ0) is 22.5. The van der Waals surface area contributed by atoms with E-state index in [-0.39, 0.29) is 23.6 Å². The summed E-state index contributed by atoms with van der Waals surface area (Å²) in [6.45, 7) is 6.07. The Hall–Kier alpha value is -2.29. The molecule has 0 bridgehead atoms. The number of thiophene rings is 1. The summed E-state index contributed by atoms with van der Waals surface area (Å²) in [6.07, 6.45) is 1.75. The van der Waals surface area contributed by atoms with Crippen molar-refractivity contribution in [2.24, 2.45) is 10.9 Å². The highest BCUT2D eigenvalue weighted by molar-refractivity contribution is 8.14. The van der Waals surface area contributed by atoms with Gasteiger partial charge in [0.1, 0.15) is 11.4 Å². The normalized spacial score (nSPS) is 16.1. The Bertz CT molecular complexity index is 1020. The molecule has 1 aliphatic heterocycles. The molecule has 164 valence electrons. The number of thioether (sulfide) groups is 1. The van der Waals surface area contributed by atoms with Crippen LogP contribution in [0.3, 0.4) is 0 Å². The number of nitrogens with one attached hydrogen (secondary N) is 1. The molecular weight excluding hydrogens is 454 g/mol. The second-order valence-corrected chi connectivity index (χ2v) is 9.62. The first-order chi connectivity index (χ1) is 14.8. The fourth-order valence-electron chi connectivity index (χ4n) is 2.72. The smallest absolute Gasteiger partial charge is 0.283 e. The zero-order valence-electron chi connectivity index (χ0n) is 17.7. The molecule has 9 heteroatoms. The van der Waals surface area contributed by atoms with Crippen molar-refractivity contribution in [3.05, 3.63) is 51.3 Å². The molecule has 2 amide bonds.